The molecular formula is C14H19N3O3. The smallest absolute Gasteiger partial charge is 0.356 e. The largest absolute Gasteiger partial charge is 0.476 e. The van der Waals surface area contributed by atoms with Gasteiger partial charge in [-0.3, -0.25) is 0 Å². The lowest BCUT2D eigenvalue weighted by Gasteiger charge is -2.31. The van der Waals surface area contributed by atoms with Crippen LogP contribution in [0, 0.1) is 5.92 Å². The minimum absolute atomic E-state index is 0.135. The first-order valence-corrected chi connectivity index (χ1v) is 6.86. The van der Waals surface area contributed by atoms with Crippen molar-refractivity contribution in [3.8, 4) is 0 Å². The highest BCUT2D eigenvalue weighted by atomic mass is 16.4. The van der Waals surface area contributed by atoms with E-state index in [0.717, 1.165) is 19.3 Å². The fraction of sp³-hybridized carbons (Fsp3) is 0.500. The van der Waals surface area contributed by atoms with Crippen LogP contribution in [0.15, 0.2) is 18.3 Å². The molecule has 6 heteroatoms. The van der Waals surface area contributed by atoms with E-state index in [0.29, 0.717) is 19.0 Å². The average molecular weight is 277 g/mol. The topological polar surface area (TPSA) is 82.5 Å². The first-order valence-electron chi connectivity index (χ1n) is 6.86. The molecule has 6 nitrogen and oxygen atoms in total. The van der Waals surface area contributed by atoms with Crippen LogP contribution in [0.1, 0.15) is 36.7 Å². The highest BCUT2D eigenvalue weighted by molar-refractivity contribution is 5.98. The normalized spacial score (nSPS) is 15.9. The van der Waals surface area contributed by atoms with Crippen LogP contribution >= 0.6 is 0 Å². The third kappa shape index (κ3) is 3.26. The molecule has 1 aliphatic heterocycles. The number of carbonyl (C=O) groups excluding carboxylic acids is 1. The first-order chi connectivity index (χ1) is 9.61. The lowest BCUT2D eigenvalue weighted by Crippen LogP contribution is -2.41. The number of aromatic carboxylic acids is 1. The summed E-state index contributed by atoms with van der Waals surface area (Å²) in [5.74, 6) is -0.461. The van der Waals surface area contributed by atoms with Crippen molar-refractivity contribution in [2.45, 2.75) is 26.2 Å². The molecule has 1 aliphatic rings. The molecule has 20 heavy (non-hydrogen) atoms. The second-order valence-electron chi connectivity index (χ2n) is 4.97. The van der Waals surface area contributed by atoms with E-state index in [4.69, 9.17) is 5.11 Å². The maximum absolute atomic E-state index is 12.1. The third-order valence-corrected chi connectivity index (χ3v) is 3.73. The van der Waals surface area contributed by atoms with E-state index in [2.05, 4.69) is 17.2 Å². The predicted molar refractivity (Wildman–Crippen MR) is 74.8 cm³/mol. The molecule has 0 aliphatic carbocycles. The van der Waals surface area contributed by atoms with Gasteiger partial charge in [0.25, 0.3) is 0 Å². The molecule has 108 valence electrons. The number of carboxylic acids is 1. The number of nitrogens with one attached hydrogen (secondary N) is 1. The Balaban J connectivity index is 2.00. The summed E-state index contributed by atoms with van der Waals surface area (Å²) in [7, 11) is 0. The fourth-order valence-electron chi connectivity index (χ4n) is 2.42. The number of carboxylic acid groups (broad SMARTS) is 1. The fourth-order valence-corrected chi connectivity index (χ4v) is 2.42. The zero-order valence-electron chi connectivity index (χ0n) is 11.5. The number of piperidine rings is 1. The second kappa shape index (κ2) is 6.36. The van der Waals surface area contributed by atoms with Crippen LogP contribution in [0.4, 0.5) is 10.5 Å². The molecule has 1 fully saturated rings. The van der Waals surface area contributed by atoms with Gasteiger partial charge in [0.05, 0.1) is 5.69 Å². The number of likely N-dealkylation sites (tertiary alicyclic amines) is 1. The molecule has 0 saturated carbocycles. The highest BCUT2D eigenvalue weighted by Gasteiger charge is 2.23. The molecule has 0 atom stereocenters. The summed E-state index contributed by atoms with van der Waals surface area (Å²) < 4.78 is 0. The van der Waals surface area contributed by atoms with Gasteiger partial charge >= 0.3 is 12.0 Å². The molecule has 0 radical (unpaired) electrons. The summed E-state index contributed by atoms with van der Waals surface area (Å²) in [6.45, 7) is 3.59. The molecule has 0 spiro atoms. The van der Waals surface area contributed by atoms with Gasteiger partial charge in [0.2, 0.25) is 0 Å². The number of rotatable bonds is 3. The summed E-state index contributed by atoms with van der Waals surface area (Å²) in [5, 5.41) is 11.7. The number of anilines is 1. The summed E-state index contributed by atoms with van der Waals surface area (Å²) in [6.07, 6.45) is 4.54. The van der Waals surface area contributed by atoms with E-state index in [9.17, 15) is 9.59 Å². The van der Waals surface area contributed by atoms with Crippen molar-refractivity contribution in [2.24, 2.45) is 5.92 Å². The van der Waals surface area contributed by atoms with Gasteiger partial charge in [0.1, 0.15) is 0 Å². The molecule has 0 aromatic carbocycles. The third-order valence-electron chi connectivity index (χ3n) is 3.73. The lowest BCUT2D eigenvalue weighted by molar-refractivity contribution is 0.0691. The van der Waals surface area contributed by atoms with Crippen molar-refractivity contribution in [2.75, 3.05) is 18.4 Å². The Morgan fingerprint density at radius 2 is 2.15 bits per heavy atom. The summed E-state index contributed by atoms with van der Waals surface area (Å²) >= 11 is 0. The number of amides is 2. The number of hydrogen-bond donors (Lipinski definition) is 2. The van der Waals surface area contributed by atoms with Gasteiger partial charge in [-0.15, -0.1) is 0 Å². The van der Waals surface area contributed by atoms with Gasteiger partial charge in [-0.2, -0.15) is 0 Å². The SMILES string of the molecule is CCC1CCN(C(=O)Nc2cccnc2C(=O)O)CC1. The number of nitrogens with zero attached hydrogens (tertiary/aromatic N) is 2. The number of pyridine rings is 1. The van der Waals surface area contributed by atoms with E-state index < -0.39 is 5.97 Å². The van der Waals surface area contributed by atoms with Gasteiger partial charge in [0.15, 0.2) is 5.69 Å². The quantitative estimate of drug-likeness (QED) is 0.889. The van der Waals surface area contributed by atoms with Crippen LogP contribution in [0.25, 0.3) is 0 Å². The van der Waals surface area contributed by atoms with Gasteiger partial charge in [-0.1, -0.05) is 13.3 Å². The summed E-state index contributed by atoms with van der Waals surface area (Å²) in [5.41, 5.74) is 0.104. The van der Waals surface area contributed by atoms with Gasteiger partial charge < -0.3 is 15.3 Å². The molecule has 0 bridgehead atoms. The molecule has 0 unspecified atom stereocenters. The molecule has 1 saturated heterocycles. The number of hydrogen-bond acceptors (Lipinski definition) is 3. The Kier molecular flexibility index (Phi) is 4.55. The van der Waals surface area contributed by atoms with Crippen molar-refractivity contribution >= 4 is 17.7 Å². The molecule has 2 N–H and O–H groups in total. The van der Waals surface area contributed by atoms with E-state index in [1.54, 1.807) is 17.0 Å². The van der Waals surface area contributed by atoms with Crippen LogP contribution in [0.2, 0.25) is 0 Å². The second-order valence-corrected chi connectivity index (χ2v) is 4.97. The Labute approximate surface area is 117 Å². The number of aromatic nitrogens is 1. The summed E-state index contributed by atoms with van der Waals surface area (Å²) in [6, 6.07) is 2.90. The van der Waals surface area contributed by atoms with Crippen molar-refractivity contribution in [3.05, 3.63) is 24.0 Å². The van der Waals surface area contributed by atoms with E-state index in [1.165, 1.54) is 6.20 Å². The molecule has 2 heterocycles. The van der Waals surface area contributed by atoms with Gasteiger partial charge in [-0.05, 0) is 30.9 Å². The number of urea groups is 1. The van der Waals surface area contributed by atoms with Crippen molar-refractivity contribution in [1.82, 2.24) is 9.88 Å². The standard InChI is InChI=1S/C14H19N3O3/c1-2-10-5-8-17(9-6-10)14(20)16-11-4-3-7-15-12(11)13(18)19/h3-4,7,10H,2,5-6,8-9H2,1H3,(H,16,20)(H,18,19). The molecule has 1 aromatic rings. The number of carbonyl (C=O) groups is 2. The monoisotopic (exact) mass is 277 g/mol. The van der Waals surface area contributed by atoms with Crippen LogP contribution in [0.3, 0.4) is 0 Å². The minimum Gasteiger partial charge on any atom is -0.476 e. The minimum atomic E-state index is -1.15. The maximum atomic E-state index is 12.1. The molecule has 2 amide bonds. The van der Waals surface area contributed by atoms with E-state index in [1.807, 2.05) is 0 Å². The molecular weight excluding hydrogens is 258 g/mol. The Hall–Kier alpha value is -2.11. The lowest BCUT2D eigenvalue weighted by atomic mass is 9.95. The highest BCUT2D eigenvalue weighted by Crippen LogP contribution is 2.21. The van der Waals surface area contributed by atoms with Crippen LogP contribution in [0.5, 0.6) is 0 Å². The molecule has 2 rings (SSSR count). The van der Waals surface area contributed by atoms with Crippen LogP contribution < -0.4 is 5.32 Å². The zero-order chi connectivity index (χ0) is 14.5. The van der Waals surface area contributed by atoms with Gasteiger partial charge in [0, 0.05) is 19.3 Å². The predicted octanol–water partition coefficient (Wildman–Crippen LogP) is 2.43. The van der Waals surface area contributed by atoms with Crippen LogP contribution in [-0.2, 0) is 0 Å². The van der Waals surface area contributed by atoms with E-state index in [-0.39, 0.29) is 17.4 Å². The van der Waals surface area contributed by atoms with Crippen molar-refractivity contribution < 1.29 is 14.7 Å². The van der Waals surface area contributed by atoms with Crippen molar-refractivity contribution in [1.29, 1.82) is 0 Å². The van der Waals surface area contributed by atoms with Gasteiger partial charge in [-0.25, -0.2) is 14.6 Å². The Morgan fingerprint density at radius 1 is 1.45 bits per heavy atom. The molecule has 1 aromatic heterocycles. The van der Waals surface area contributed by atoms with Crippen LogP contribution in [-0.4, -0.2) is 40.1 Å². The average Bonchev–Trinajstić information content (AvgIpc) is 2.47. The first kappa shape index (κ1) is 14.3. The zero-order valence-corrected chi connectivity index (χ0v) is 11.5. The Morgan fingerprint density at radius 3 is 2.75 bits per heavy atom. The maximum Gasteiger partial charge on any atom is 0.356 e. The summed E-state index contributed by atoms with van der Waals surface area (Å²) in [4.78, 5) is 28.7. The van der Waals surface area contributed by atoms with E-state index >= 15 is 0 Å². The van der Waals surface area contributed by atoms with Crippen molar-refractivity contribution in [3.63, 3.8) is 0 Å². The Bertz CT molecular complexity index is 496.